The Morgan fingerprint density at radius 1 is 1.31 bits per heavy atom. The molecule has 0 aromatic carbocycles. The second kappa shape index (κ2) is 4.16. The first-order valence-corrected chi connectivity index (χ1v) is 4.91. The van der Waals surface area contributed by atoms with Crippen molar-refractivity contribution in [2.24, 2.45) is 5.92 Å². The Hall–Kier alpha value is -0.470. The number of halogens is 2. The average Bonchev–Trinajstić information content (AvgIpc) is 2.04. The maximum absolute atomic E-state index is 12.5. The van der Waals surface area contributed by atoms with E-state index in [1.807, 2.05) is 0 Å². The summed E-state index contributed by atoms with van der Waals surface area (Å²) in [5.74, 6) is -3.80. The van der Waals surface area contributed by atoms with Gasteiger partial charge in [-0.1, -0.05) is 32.1 Å². The molecule has 0 amide bonds. The van der Waals surface area contributed by atoms with E-state index in [0.717, 1.165) is 25.7 Å². The fraction of sp³-hybridized carbons (Fsp3) is 0.900. The maximum Gasteiger partial charge on any atom is 0.302 e. The zero-order valence-electron chi connectivity index (χ0n) is 7.98. The van der Waals surface area contributed by atoms with Crippen molar-refractivity contribution in [3.63, 3.8) is 0 Å². The van der Waals surface area contributed by atoms with E-state index in [1.165, 1.54) is 6.42 Å². The number of Topliss-reactive ketones (excluding diaryl/α,β-unsaturated/α-hetero) is 1. The minimum Gasteiger partial charge on any atom is -0.293 e. The van der Waals surface area contributed by atoms with E-state index in [9.17, 15) is 13.6 Å². The van der Waals surface area contributed by atoms with Crippen LogP contribution in [0, 0.1) is 5.92 Å². The molecule has 0 radical (unpaired) electrons. The summed E-state index contributed by atoms with van der Waals surface area (Å²) in [5.41, 5.74) is 0. The van der Waals surface area contributed by atoms with Crippen molar-refractivity contribution in [3.05, 3.63) is 0 Å². The molecule has 1 aliphatic rings. The van der Waals surface area contributed by atoms with Crippen LogP contribution in [0.2, 0.25) is 0 Å². The third-order valence-electron chi connectivity index (χ3n) is 2.69. The predicted octanol–water partition coefficient (Wildman–Crippen LogP) is 3.18. The SMILES string of the molecule is CC(F)(F)C(=O)CC1CCCCC1. The van der Waals surface area contributed by atoms with Gasteiger partial charge >= 0.3 is 5.92 Å². The Kier molecular flexibility index (Phi) is 3.40. The number of carbonyl (C=O) groups excluding carboxylic acids is 1. The summed E-state index contributed by atoms with van der Waals surface area (Å²) in [6.07, 6.45) is 5.33. The van der Waals surface area contributed by atoms with Gasteiger partial charge in [-0.2, -0.15) is 8.78 Å². The van der Waals surface area contributed by atoms with Gasteiger partial charge in [-0.25, -0.2) is 0 Å². The van der Waals surface area contributed by atoms with Crippen LogP contribution in [0.25, 0.3) is 0 Å². The van der Waals surface area contributed by atoms with Crippen LogP contribution in [0.15, 0.2) is 0 Å². The molecule has 1 fully saturated rings. The summed E-state index contributed by atoms with van der Waals surface area (Å²) in [5, 5.41) is 0. The number of alkyl halides is 2. The molecule has 76 valence electrons. The van der Waals surface area contributed by atoms with E-state index in [0.29, 0.717) is 6.92 Å². The van der Waals surface area contributed by atoms with Crippen molar-refractivity contribution < 1.29 is 13.6 Å². The molecule has 0 aliphatic heterocycles. The van der Waals surface area contributed by atoms with Crippen molar-refractivity contribution >= 4 is 5.78 Å². The van der Waals surface area contributed by atoms with Gasteiger partial charge in [-0.3, -0.25) is 4.79 Å². The quantitative estimate of drug-likeness (QED) is 0.668. The third kappa shape index (κ3) is 3.41. The molecular formula is C10H16F2O. The molecule has 1 aliphatic carbocycles. The zero-order chi connectivity index (χ0) is 9.90. The van der Waals surface area contributed by atoms with Gasteiger partial charge in [-0.05, 0) is 5.92 Å². The summed E-state index contributed by atoms with van der Waals surface area (Å²) in [4.78, 5) is 11.0. The highest BCUT2D eigenvalue weighted by Crippen LogP contribution is 2.29. The lowest BCUT2D eigenvalue weighted by Gasteiger charge is -2.21. The molecule has 0 saturated heterocycles. The third-order valence-corrected chi connectivity index (χ3v) is 2.69. The highest BCUT2D eigenvalue weighted by atomic mass is 19.3. The first kappa shape index (κ1) is 10.6. The largest absolute Gasteiger partial charge is 0.302 e. The van der Waals surface area contributed by atoms with Crippen LogP contribution in [-0.4, -0.2) is 11.7 Å². The number of carbonyl (C=O) groups is 1. The molecule has 0 unspecified atom stereocenters. The lowest BCUT2D eigenvalue weighted by molar-refractivity contribution is -0.141. The summed E-state index contributed by atoms with van der Waals surface area (Å²) in [6.45, 7) is 0.693. The summed E-state index contributed by atoms with van der Waals surface area (Å²) in [6, 6.07) is 0. The second-order valence-corrected chi connectivity index (χ2v) is 4.02. The number of ketones is 1. The van der Waals surface area contributed by atoms with Crippen LogP contribution >= 0.6 is 0 Å². The Morgan fingerprint density at radius 3 is 2.31 bits per heavy atom. The fourth-order valence-electron chi connectivity index (χ4n) is 1.83. The lowest BCUT2D eigenvalue weighted by atomic mass is 9.85. The molecular weight excluding hydrogens is 174 g/mol. The van der Waals surface area contributed by atoms with E-state index in [2.05, 4.69) is 0 Å². The molecule has 0 N–H and O–H groups in total. The molecule has 1 saturated carbocycles. The van der Waals surface area contributed by atoms with Gasteiger partial charge in [0.15, 0.2) is 0 Å². The van der Waals surface area contributed by atoms with Gasteiger partial charge in [0.05, 0.1) is 0 Å². The van der Waals surface area contributed by atoms with Crippen molar-refractivity contribution in [1.29, 1.82) is 0 Å². The maximum atomic E-state index is 12.5. The van der Waals surface area contributed by atoms with Crippen LogP contribution in [-0.2, 0) is 4.79 Å². The van der Waals surface area contributed by atoms with Gasteiger partial charge in [0.1, 0.15) is 0 Å². The number of rotatable bonds is 3. The first-order valence-electron chi connectivity index (χ1n) is 4.91. The summed E-state index contributed by atoms with van der Waals surface area (Å²) >= 11 is 0. The molecule has 0 heterocycles. The predicted molar refractivity (Wildman–Crippen MR) is 46.8 cm³/mol. The van der Waals surface area contributed by atoms with Crippen molar-refractivity contribution in [2.75, 3.05) is 0 Å². The van der Waals surface area contributed by atoms with E-state index >= 15 is 0 Å². The Labute approximate surface area is 77.5 Å². The molecule has 1 rings (SSSR count). The summed E-state index contributed by atoms with van der Waals surface area (Å²) < 4.78 is 25.0. The van der Waals surface area contributed by atoms with E-state index in [4.69, 9.17) is 0 Å². The van der Waals surface area contributed by atoms with Crippen LogP contribution in [0.4, 0.5) is 8.78 Å². The normalized spacial score (nSPS) is 20.2. The highest BCUT2D eigenvalue weighted by molar-refractivity contribution is 5.85. The highest BCUT2D eigenvalue weighted by Gasteiger charge is 2.33. The molecule has 0 spiro atoms. The van der Waals surface area contributed by atoms with Gasteiger partial charge in [0, 0.05) is 13.3 Å². The minimum absolute atomic E-state index is 0.0729. The molecule has 1 nitrogen and oxygen atoms in total. The monoisotopic (exact) mass is 190 g/mol. The van der Waals surface area contributed by atoms with Crippen LogP contribution in [0.1, 0.15) is 45.4 Å². The molecule has 0 aromatic heterocycles. The summed E-state index contributed by atoms with van der Waals surface area (Å²) in [7, 11) is 0. The van der Waals surface area contributed by atoms with Crippen molar-refractivity contribution in [2.45, 2.75) is 51.4 Å². The molecule has 3 heteroatoms. The zero-order valence-corrected chi connectivity index (χ0v) is 7.98. The molecule has 13 heavy (non-hydrogen) atoms. The smallest absolute Gasteiger partial charge is 0.293 e. The van der Waals surface area contributed by atoms with Crippen molar-refractivity contribution in [3.8, 4) is 0 Å². The second-order valence-electron chi connectivity index (χ2n) is 4.02. The number of hydrogen-bond acceptors (Lipinski definition) is 1. The topological polar surface area (TPSA) is 17.1 Å². The van der Waals surface area contributed by atoms with Crippen LogP contribution in [0.3, 0.4) is 0 Å². The minimum atomic E-state index is -3.13. The van der Waals surface area contributed by atoms with Gasteiger partial charge in [0.25, 0.3) is 0 Å². The standard InChI is InChI=1S/C10H16F2O/c1-10(11,12)9(13)7-8-5-3-2-4-6-8/h8H,2-7H2,1H3. The molecule has 0 bridgehead atoms. The van der Waals surface area contributed by atoms with Gasteiger partial charge in [0.2, 0.25) is 5.78 Å². The van der Waals surface area contributed by atoms with Crippen molar-refractivity contribution in [1.82, 2.24) is 0 Å². The van der Waals surface area contributed by atoms with E-state index in [-0.39, 0.29) is 12.3 Å². The van der Waals surface area contributed by atoms with Gasteiger partial charge in [-0.15, -0.1) is 0 Å². The Balaban J connectivity index is 2.35. The average molecular weight is 190 g/mol. The lowest BCUT2D eigenvalue weighted by Crippen LogP contribution is -2.27. The van der Waals surface area contributed by atoms with E-state index < -0.39 is 11.7 Å². The van der Waals surface area contributed by atoms with Gasteiger partial charge < -0.3 is 0 Å². The fourth-order valence-corrected chi connectivity index (χ4v) is 1.83. The molecule has 0 aromatic rings. The Bertz CT molecular complexity index is 178. The van der Waals surface area contributed by atoms with E-state index in [1.54, 1.807) is 0 Å². The number of hydrogen-bond donors (Lipinski definition) is 0. The first-order chi connectivity index (χ1) is 6.00. The van der Waals surface area contributed by atoms with Crippen LogP contribution in [0.5, 0.6) is 0 Å². The van der Waals surface area contributed by atoms with Crippen LogP contribution < -0.4 is 0 Å². The molecule has 0 atom stereocenters. The Morgan fingerprint density at radius 2 is 1.85 bits per heavy atom.